The molecule has 0 bridgehead atoms. The number of benzene rings is 2. The molecule has 2 aromatic carbocycles. The first-order chi connectivity index (χ1) is 15.5. The molecule has 0 saturated heterocycles. The summed E-state index contributed by atoms with van der Waals surface area (Å²) < 4.78 is 3.28. The Kier molecular flexibility index (Phi) is 5.55. The van der Waals surface area contributed by atoms with E-state index in [2.05, 4.69) is 59.2 Å². The number of carbonyl (C=O) groups is 1. The Morgan fingerprint density at radius 3 is 2.75 bits per heavy atom. The fraction of sp³-hybridized carbons (Fsp3) is 0.346. The first-order valence-electron chi connectivity index (χ1n) is 11.2. The summed E-state index contributed by atoms with van der Waals surface area (Å²) in [7, 11) is 0. The van der Waals surface area contributed by atoms with Crippen molar-refractivity contribution in [3.63, 3.8) is 0 Å². The van der Waals surface area contributed by atoms with Crippen LogP contribution in [0.3, 0.4) is 0 Å². The zero-order valence-corrected chi connectivity index (χ0v) is 19.4. The summed E-state index contributed by atoms with van der Waals surface area (Å²) >= 11 is 1.67. The standard InChI is InChI=1S/C26H28N4OS/c1-26(2)14-21(19-16-27-30(22(19)15-26)17-18-8-4-3-5-9-18)28-24(31)12-13-25-29-20-10-6-7-11-23(20)32-25/h3-11,16,21H,12-15,17H2,1-2H3,(H,28,31)/t21-/m1/s1. The number of fused-ring (bicyclic) bond motifs is 2. The topological polar surface area (TPSA) is 59.8 Å². The van der Waals surface area contributed by atoms with Crippen LogP contribution in [0.25, 0.3) is 10.2 Å². The van der Waals surface area contributed by atoms with Crippen molar-refractivity contribution in [1.82, 2.24) is 20.1 Å². The lowest BCUT2D eigenvalue weighted by atomic mass is 9.74. The van der Waals surface area contributed by atoms with E-state index in [0.717, 1.165) is 35.5 Å². The molecule has 1 amide bonds. The highest BCUT2D eigenvalue weighted by Gasteiger charge is 2.35. The van der Waals surface area contributed by atoms with E-state index >= 15 is 0 Å². The van der Waals surface area contributed by atoms with E-state index < -0.39 is 0 Å². The van der Waals surface area contributed by atoms with Crippen LogP contribution in [0.1, 0.15) is 54.6 Å². The van der Waals surface area contributed by atoms with Gasteiger partial charge in [0.05, 0.1) is 34.0 Å². The van der Waals surface area contributed by atoms with Crippen LogP contribution in [0.2, 0.25) is 0 Å². The minimum absolute atomic E-state index is 0.00106. The number of para-hydroxylation sites is 1. The molecule has 0 spiro atoms. The van der Waals surface area contributed by atoms with Crippen LogP contribution in [0.5, 0.6) is 0 Å². The fourth-order valence-corrected chi connectivity index (χ4v) is 5.60. The zero-order valence-electron chi connectivity index (χ0n) is 18.5. The van der Waals surface area contributed by atoms with E-state index in [0.29, 0.717) is 12.8 Å². The summed E-state index contributed by atoms with van der Waals surface area (Å²) in [5.74, 6) is 0.0775. The van der Waals surface area contributed by atoms with Crippen molar-refractivity contribution in [3.8, 4) is 0 Å². The molecule has 1 aliphatic rings. The maximum atomic E-state index is 12.9. The number of aryl methyl sites for hydroxylation is 1. The van der Waals surface area contributed by atoms with Gasteiger partial charge in [0.15, 0.2) is 0 Å². The minimum atomic E-state index is 0.00106. The smallest absolute Gasteiger partial charge is 0.220 e. The molecule has 1 N–H and O–H groups in total. The molecular formula is C26H28N4OS. The molecule has 4 aromatic rings. The number of aromatic nitrogens is 3. The minimum Gasteiger partial charge on any atom is -0.349 e. The van der Waals surface area contributed by atoms with Crippen LogP contribution >= 0.6 is 11.3 Å². The predicted molar refractivity (Wildman–Crippen MR) is 129 cm³/mol. The van der Waals surface area contributed by atoms with Gasteiger partial charge in [-0.1, -0.05) is 56.3 Å². The van der Waals surface area contributed by atoms with Crippen molar-refractivity contribution in [2.24, 2.45) is 5.41 Å². The molecule has 32 heavy (non-hydrogen) atoms. The van der Waals surface area contributed by atoms with Crippen LogP contribution in [0.15, 0.2) is 60.8 Å². The summed E-state index contributed by atoms with van der Waals surface area (Å²) in [6.45, 7) is 5.30. The van der Waals surface area contributed by atoms with Crippen molar-refractivity contribution < 1.29 is 4.79 Å². The Labute approximate surface area is 192 Å². The van der Waals surface area contributed by atoms with Gasteiger partial charge in [0.2, 0.25) is 5.91 Å². The third-order valence-corrected chi connectivity index (χ3v) is 7.27. The predicted octanol–water partition coefficient (Wildman–Crippen LogP) is 5.30. The maximum Gasteiger partial charge on any atom is 0.220 e. The summed E-state index contributed by atoms with van der Waals surface area (Å²) in [4.78, 5) is 17.5. The largest absolute Gasteiger partial charge is 0.349 e. The summed E-state index contributed by atoms with van der Waals surface area (Å²) in [6, 6.07) is 18.5. The SMILES string of the molecule is CC1(C)Cc2c(cnn2Cc2ccccc2)[C@H](NC(=O)CCc2nc3ccccc3s2)C1. The van der Waals surface area contributed by atoms with Gasteiger partial charge in [-0.05, 0) is 36.0 Å². The van der Waals surface area contributed by atoms with Crippen molar-refractivity contribution in [2.75, 3.05) is 0 Å². The Morgan fingerprint density at radius 2 is 1.94 bits per heavy atom. The quantitative estimate of drug-likeness (QED) is 0.439. The normalized spacial score (nSPS) is 17.2. The van der Waals surface area contributed by atoms with Gasteiger partial charge < -0.3 is 5.32 Å². The molecule has 2 aromatic heterocycles. The van der Waals surface area contributed by atoms with Gasteiger partial charge in [-0.3, -0.25) is 9.48 Å². The van der Waals surface area contributed by atoms with Gasteiger partial charge >= 0.3 is 0 Å². The van der Waals surface area contributed by atoms with Gasteiger partial charge in [-0.2, -0.15) is 5.10 Å². The van der Waals surface area contributed by atoms with E-state index in [4.69, 9.17) is 5.10 Å². The second-order valence-electron chi connectivity index (χ2n) is 9.43. The second-order valence-corrected chi connectivity index (χ2v) is 10.5. The van der Waals surface area contributed by atoms with Crippen LogP contribution < -0.4 is 5.32 Å². The number of hydrogen-bond donors (Lipinski definition) is 1. The first kappa shape index (κ1) is 20.9. The third-order valence-electron chi connectivity index (χ3n) is 6.17. The van der Waals surface area contributed by atoms with E-state index in [1.165, 1.54) is 16.0 Å². The molecule has 0 radical (unpaired) electrons. The van der Waals surface area contributed by atoms with Crippen molar-refractivity contribution in [2.45, 2.75) is 52.1 Å². The van der Waals surface area contributed by atoms with Gasteiger partial charge in [-0.25, -0.2) is 4.98 Å². The zero-order chi connectivity index (χ0) is 22.1. The maximum absolute atomic E-state index is 12.9. The molecule has 5 nitrogen and oxygen atoms in total. The van der Waals surface area contributed by atoms with E-state index in [9.17, 15) is 4.79 Å². The lowest BCUT2D eigenvalue weighted by Crippen LogP contribution is -2.37. The molecule has 2 heterocycles. The number of amides is 1. The van der Waals surface area contributed by atoms with Crippen molar-refractivity contribution >= 4 is 27.5 Å². The third kappa shape index (κ3) is 4.46. The van der Waals surface area contributed by atoms with E-state index in [-0.39, 0.29) is 17.4 Å². The fourth-order valence-electron chi connectivity index (χ4n) is 4.63. The highest BCUT2D eigenvalue weighted by atomic mass is 32.1. The van der Waals surface area contributed by atoms with Gasteiger partial charge in [0.1, 0.15) is 0 Å². The summed E-state index contributed by atoms with van der Waals surface area (Å²) in [5, 5.41) is 9.00. The molecule has 0 unspecified atom stereocenters. The Balaban J connectivity index is 1.29. The highest BCUT2D eigenvalue weighted by molar-refractivity contribution is 7.18. The van der Waals surface area contributed by atoms with Crippen LogP contribution in [0, 0.1) is 5.41 Å². The number of carbonyl (C=O) groups excluding carboxylic acids is 1. The van der Waals surface area contributed by atoms with Crippen LogP contribution in [-0.4, -0.2) is 20.7 Å². The number of nitrogens with one attached hydrogen (secondary N) is 1. The average molecular weight is 445 g/mol. The molecule has 164 valence electrons. The van der Waals surface area contributed by atoms with Gasteiger partial charge in [0, 0.05) is 24.1 Å². The van der Waals surface area contributed by atoms with Gasteiger partial charge in [0.25, 0.3) is 0 Å². The van der Waals surface area contributed by atoms with Crippen molar-refractivity contribution in [3.05, 3.63) is 82.6 Å². The summed E-state index contributed by atoms with van der Waals surface area (Å²) in [5.41, 5.74) is 4.75. The molecule has 6 heteroatoms. The molecule has 1 aliphatic carbocycles. The molecule has 1 atom stereocenters. The Hall–Kier alpha value is -2.99. The lowest BCUT2D eigenvalue weighted by molar-refractivity contribution is -0.122. The highest BCUT2D eigenvalue weighted by Crippen LogP contribution is 2.41. The number of hydrogen-bond acceptors (Lipinski definition) is 4. The molecule has 0 aliphatic heterocycles. The molecule has 5 rings (SSSR count). The van der Waals surface area contributed by atoms with E-state index in [1.807, 2.05) is 30.5 Å². The monoisotopic (exact) mass is 444 g/mol. The number of nitrogens with zero attached hydrogens (tertiary/aromatic N) is 3. The summed E-state index contributed by atoms with van der Waals surface area (Å²) in [6.07, 6.45) is 4.95. The van der Waals surface area contributed by atoms with Crippen LogP contribution in [0.4, 0.5) is 0 Å². The number of rotatable bonds is 6. The van der Waals surface area contributed by atoms with E-state index in [1.54, 1.807) is 11.3 Å². The molecule has 0 saturated carbocycles. The lowest BCUT2D eigenvalue weighted by Gasteiger charge is -2.36. The molecular weight excluding hydrogens is 416 g/mol. The first-order valence-corrected chi connectivity index (χ1v) is 12.0. The second kappa shape index (κ2) is 8.51. The van der Waals surface area contributed by atoms with Crippen molar-refractivity contribution in [1.29, 1.82) is 0 Å². The van der Waals surface area contributed by atoms with Gasteiger partial charge in [-0.15, -0.1) is 11.3 Å². The molecule has 0 fully saturated rings. The Morgan fingerprint density at radius 1 is 1.16 bits per heavy atom. The average Bonchev–Trinajstić information content (AvgIpc) is 3.36. The number of thiazole rings is 1. The van der Waals surface area contributed by atoms with Crippen LogP contribution in [-0.2, 0) is 24.2 Å². The Bertz CT molecular complexity index is 1210.